The highest BCUT2D eigenvalue weighted by Crippen LogP contribution is 2.26. The summed E-state index contributed by atoms with van der Waals surface area (Å²) in [5, 5.41) is 4.91. The van der Waals surface area contributed by atoms with Crippen molar-refractivity contribution in [2.75, 3.05) is 5.75 Å². The van der Waals surface area contributed by atoms with Crippen molar-refractivity contribution in [1.29, 1.82) is 0 Å². The molecule has 5 heteroatoms. The van der Waals surface area contributed by atoms with E-state index in [9.17, 15) is 0 Å². The molecule has 1 atom stereocenters. The average Bonchev–Trinajstić information content (AvgIpc) is 2.58. The molecule has 0 aromatic carbocycles. The van der Waals surface area contributed by atoms with E-state index in [-0.39, 0.29) is 0 Å². The normalized spacial score (nSPS) is 22.8. The monoisotopic (exact) mass is 294 g/mol. The Balaban J connectivity index is 2.26. The summed E-state index contributed by atoms with van der Waals surface area (Å²) in [5.74, 6) is 1.88. The summed E-state index contributed by atoms with van der Waals surface area (Å²) in [6.45, 7) is 1.89. The van der Waals surface area contributed by atoms with Gasteiger partial charge in [0.2, 0.25) is 0 Å². The molecule has 3 nitrogen and oxygen atoms in total. The smallest absolute Gasteiger partial charge is 0.138 e. The first-order valence-corrected chi connectivity index (χ1v) is 5.77. The number of hydrogen-bond donors (Lipinski definition) is 0. The lowest BCUT2D eigenvalue weighted by Gasteiger charge is -1.87. The van der Waals surface area contributed by atoms with Gasteiger partial charge in [0.1, 0.15) is 20.5 Å². The zero-order valence-corrected chi connectivity index (χ0v) is 9.42. The van der Waals surface area contributed by atoms with Crippen molar-refractivity contribution in [2.24, 2.45) is 4.99 Å². The molecular formula is C7H7IN2OS. The molecule has 0 saturated heterocycles. The zero-order chi connectivity index (χ0) is 8.55. The van der Waals surface area contributed by atoms with Gasteiger partial charge in [-0.25, -0.2) is 0 Å². The van der Waals surface area contributed by atoms with Gasteiger partial charge in [-0.2, -0.15) is 0 Å². The minimum atomic E-state index is 0.389. The maximum atomic E-state index is 4.97. The van der Waals surface area contributed by atoms with Crippen molar-refractivity contribution in [1.82, 2.24) is 5.16 Å². The van der Waals surface area contributed by atoms with E-state index in [1.165, 1.54) is 0 Å². The van der Waals surface area contributed by atoms with Crippen LogP contribution in [0.4, 0.5) is 0 Å². The van der Waals surface area contributed by atoms with E-state index in [4.69, 9.17) is 4.52 Å². The van der Waals surface area contributed by atoms with E-state index in [1.807, 2.05) is 13.0 Å². The van der Waals surface area contributed by atoms with Gasteiger partial charge in [0.25, 0.3) is 0 Å². The first-order valence-electron chi connectivity index (χ1n) is 3.54. The molecule has 64 valence electrons. The lowest BCUT2D eigenvalue weighted by molar-refractivity contribution is 0.396. The Morgan fingerprint density at radius 2 is 2.58 bits per heavy atom. The van der Waals surface area contributed by atoms with E-state index < -0.39 is 0 Å². The second kappa shape index (κ2) is 3.37. The topological polar surface area (TPSA) is 38.4 Å². The van der Waals surface area contributed by atoms with Crippen LogP contribution in [-0.4, -0.2) is 20.0 Å². The standard InChI is InChI=1S/C7H7IN2OS/c1-4-2-5(10-11-4)7-9-6(8)3-12-7/h2,6H,3H2,1H3/t6-/m0/s1. The van der Waals surface area contributed by atoms with Crippen LogP contribution in [-0.2, 0) is 0 Å². The van der Waals surface area contributed by atoms with Crippen molar-refractivity contribution < 1.29 is 4.52 Å². The molecule has 0 bridgehead atoms. The third-order valence-electron chi connectivity index (χ3n) is 1.46. The molecule has 0 spiro atoms. The highest BCUT2D eigenvalue weighted by molar-refractivity contribution is 14.1. The second-order valence-electron chi connectivity index (χ2n) is 2.50. The lowest BCUT2D eigenvalue weighted by Crippen LogP contribution is -1.90. The third-order valence-corrected chi connectivity index (χ3v) is 3.85. The van der Waals surface area contributed by atoms with Crippen molar-refractivity contribution in [3.63, 3.8) is 0 Å². The van der Waals surface area contributed by atoms with Crippen molar-refractivity contribution in [3.05, 3.63) is 17.5 Å². The number of aromatic nitrogens is 1. The van der Waals surface area contributed by atoms with Gasteiger partial charge in [-0.1, -0.05) is 27.7 Å². The van der Waals surface area contributed by atoms with Gasteiger partial charge in [0.15, 0.2) is 0 Å². The SMILES string of the molecule is Cc1cc(C2=N[C@H](I)CS2)no1. The fraction of sp³-hybridized carbons (Fsp3) is 0.429. The molecule has 2 rings (SSSR count). The number of hydrogen-bond acceptors (Lipinski definition) is 4. The summed E-state index contributed by atoms with van der Waals surface area (Å²) < 4.78 is 5.35. The van der Waals surface area contributed by atoms with E-state index in [2.05, 4.69) is 32.7 Å². The van der Waals surface area contributed by atoms with E-state index >= 15 is 0 Å². The van der Waals surface area contributed by atoms with Crippen LogP contribution in [0.1, 0.15) is 11.5 Å². The molecule has 1 aromatic heterocycles. The Hall–Kier alpha value is -0.0400. The van der Waals surface area contributed by atoms with Crippen molar-refractivity contribution in [3.8, 4) is 0 Å². The number of rotatable bonds is 1. The van der Waals surface area contributed by atoms with Gasteiger partial charge >= 0.3 is 0 Å². The first-order chi connectivity index (χ1) is 5.75. The van der Waals surface area contributed by atoms with Crippen molar-refractivity contribution >= 4 is 39.4 Å². The lowest BCUT2D eigenvalue weighted by atomic mass is 10.4. The maximum absolute atomic E-state index is 4.97. The fourth-order valence-corrected chi connectivity index (χ4v) is 2.78. The second-order valence-corrected chi connectivity index (χ2v) is 4.95. The molecule has 1 aromatic rings. The predicted octanol–water partition coefficient (Wildman–Crippen LogP) is 2.24. The van der Waals surface area contributed by atoms with E-state index in [0.29, 0.717) is 4.05 Å². The van der Waals surface area contributed by atoms with E-state index in [1.54, 1.807) is 11.8 Å². The molecule has 2 heterocycles. The summed E-state index contributed by atoms with van der Waals surface area (Å²) in [4.78, 5) is 4.42. The number of halogens is 1. The number of nitrogens with zero attached hydrogens (tertiary/aromatic N) is 2. The van der Waals surface area contributed by atoms with Crippen LogP contribution in [0.5, 0.6) is 0 Å². The van der Waals surface area contributed by atoms with Crippen LogP contribution in [0.25, 0.3) is 0 Å². The summed E-state index contributed by atoms with van der Waals surface area (Å²) in [6, 6.07) is 1.92. The van der Waals surface area contributed by atoms with Crippen LogP contribution in [0.2, 0.25) is 0 Å². The van der Waals surface area contributed by atoms with Gasteiger partial charge in [0, 0.05) is 11.8 Å². The van der Waals surface area contributed by atoms with Crippen LogP contribution >= 0.6 is 34.4 Å². The predicted molar refractivity (Wildman–Crippen MR) is 58.0 cm³/mol. The van der Waals surface area contributed by atoms with Crippen LogP contribution in [0, 0.1) is 6.92 Å². The Kier molecular flexibility index (Phi) is 2.40. The minimum absolute atomic E-state index is 0.389. The molecule has 12 heavy (non-hydrogen) atoms. The van der Waals surface area contributed by atoms with Gasteiger partial charge in [-0.15, -0.1) is 11.8 Å². The first kappa shape index (κ1) is 8.55. The Bertz CT molecular complexity index is 323. The van der Waals surface area contributed by atoms with Gasteiger partial charge in [0.05, 0.1) is 0 Å². The Morgan fingerprint density at radius 1 is 1.75 bits per heavy atom. The summed E-state index contributed by atoms with van der Waals surface area (Å²) in [5.41, 5.74) is 0.872. The molecule has 0 radical (unpaired) electrons. The number of aryl methyl sites for hydroxylation is 1. The summed E-state index contributed by atoms with van der Waals surface area (Å²) in [7, 11) is 0. The number of thioether (sulfide) groups is 1. The zero-order valence-electron chi connectivity index (χ0n) is 6.45. The highest BCUT2D eigenvalue weighted by atomic mass is 127. The Labute approximate surface area is 88.1 Å². The fourth-order valence-electron chi connectivity index (χ4n) is 0.957. The molecule has 0 saturated carbocycles. The van der Waals surface area contributed by atoms with Crippen molar-refractivity contribution in [2.45, 2.75) is 11.0 Å². The van der Waals surface area contributed by atoms with Crippen LogP contribution in [0.3, 0.4) is 0 Å². The summed E-state index contributed by atoms with van der Waals surface area (Å²) in [6.07, 6.45) is 0. The summed E-state index contributed by atoms with van der Waals surface area (Å²) >= 11 is 4.05. The van der Waals surface area contributed by atoms with Crippen LogP contribution in [0.15, 0.2) is 15.6 Å². The Morgan fingerprint density at radius 3 is 3.08 bits per heavy atom. The quantitative estimate of drug-likeness (QED) is 0.453. The number of aliphatic imine (C=N–C) groups is 1. The highest BCUT2D eigenvalue weighted by Gasteiger charge is 2.18. The van der Waals surface area contributed by atoms with E-state index in [0.717, 1.165) is 22.3 Å². The van der Waals surface area contributed by atoms with Gasteiger partial charge in [-0.3, -0.25) is 4.99 Å². The molecule has 0 unspecified atom stereocenters. The molecule has 0 aliphatic carbocycles. The largest absolute Gasteiger partial charge is 0.361 e. The average molecular weight is 294 g/mol. The molecular weight excluding hydrogens is 287 g/mol. The molecule has 0 N–H and O–H groups in total. The van der Waals surface area contributed by atoms with Crippen LogP contribution < -0.4 is 0 Å². The maximum Gasteiger partial charge on any atom is 0.138 e. The molecule has 1 aliphatic rings. The molecule has 0 fully saturated rings. The number of alkyl halides is 1. The van der Waals surface area contributed by atoms with Gasteiger partial charge in [-0.05, 0) is 6.92 Å². The minimum Gasteiger partial charge on any atom is -0.361 e. The molecule has 0 amide bonds. The molecule has 1 aliphatic heterocycles. The third kappa shape index (κ3) is 1.66. The van der Waals surface area contributed by atoms with Gasteiger partial charge < -0.3 is 4.52 Å².